The molecule has 0 saturated heterocycles. The smallest absolute Gasteiger partial charge is 0.493 e. The molecule has 0 aliphatic carbocycles. The lowest BCUT2D eigenvalue weighted by atomic mass is 10.2. The first-order valence-electron chi connectivity index (χ1n) is 8.47. The Morgan fingerprint density at radius 3 is 2.68 bits per heavy atom. The molecule has 0 unspecified atom stereocenters. The predicted octanol–water partition coefficient (Wildman–Crippen LogP) is 3.21. The van der Waals surface area contributed by atoms with Gasteiger partial charge in [0.25, 0.3) is 0 Å². The Bertz CT molecular complexity index is 879. The van der Waals surface area contributed by atoms with Gasteiger partial charge in [0.15, 0.2) is 17.2 Å². The Hall–Kier alpha value is -2.75. The first-order valence-corrected chi connectivity index (χ1v) is 8.47. The fourth-order valence-corrected chi connectivity index (χ4v) is 3.10. The first-order chi connectivity index (χ1) is 13.2. The third-order valence-corrected chi connectivity index (χ3v) is 4.28. The lowest BCUT2D eigenvalue weighted by molar-refractivity contribution is -0.275. The number of nitrogens with zero attached hydrogens (tertiary/aromatic N) is 2. The molecule has 7 nitrogen and oxygen atoms in total. The van der Waals surface area contributed by atoms with Crippen molar-refractivity contribution in [2.45, 2.75) is 32.4 Å². The van der Waals surface area contributed by atoms with Crippen molar-refractivity contribution < 1.29 is 36.9 Å². The van der Waals surface area contributed by atoms with Crippen LogP contribution in [0.15, 0.2) is 18.2 Å². The lowest BCUT2D eigenvalue weighted by Gasteiger charge is -2.15. The number of rotatable bonds is 4. The zero-order chi connectivity index (χ0) is 20.5. The highest BCUT2D eigenvalue weighted by Crippen LogP contribution is 2.36. The molecule has 3 rings (SSSR count). The summed E-state index contributed by atoms with van der Waals surface area (Å²) in [6.45, 7) is 2.73. The number of halogens is 3. The van der Waals surface area contributed by atoms with Crippen LogP contribution in [0, 0.1) is 0 Å². The van der Waals surface area contributed by atoms with Crippen molar-refractivity contribution in [3.8, 4) is 22.9 Å². The van der Waals surface area contributed by atoms with Crippen molar-refractivity contribution in [3.63, 3.8) is 0 Å². The lowest BCUT2D eigenvalue weighted by Crippen LogP contribution is -2.17. The summed E-state index contributed by atoms with van der Waals surface area (Å²) in [5.74, 6) is -0.755. The third-order valence-electron chi connectivity index (χ3n) is 4.28. The van der Waals surface area contributed by atoms with E-state index in [1.54, 1.807) is 0 Å². The molecule has 1 aliphatic rings. The van der Waals surface area contributed by atoms with Gasteiger partial charge < -0.3 is 23.5 Å². The van der Waals surface area contributed by atoms with Gasteiger partial charge in [0.05, 0.1) is 39.2 Å². The van der Waals surface area contributed by atoms with Crippen LogP contribution in [0.2, 0.25) is 0 Å². The largest absolute Gasteiger partial charge is 0.573 e. The summed E-state index contributed by atoms with van der Waals surface area (Å²) in [5, 5.41) is 0. The maximum atomic E-state index is 12.6. The molecule has 1 aliphatic heterocycles. The van der Waals surface area contributed by atoms with E-state index < -0.39 is 18.1 Å². The number of fused-ring (bicyclic) bond motifs is 1. The molecule has 0 radical (unpaired) electrons. The van der Waals surface area contributed by atoms with Crippen molar-refractivity contribution >= 4 is 5.97 Å². The van der Waals surface area contributed by atoms with E-state index in [-0.39, 0.29) is 17.5 Å². The fourth-order valence-electron chi connectivity index (χ4n) is 3.10. The van der Waals surface area contributed by atoms with E-state index in [9.17, 15) is 18.0 Å². The minimum absolute atomic E-state index is 0.107. The van der Waals surface area contributed by atoms with Crippen LogP contribution in [0.5, 0.6) is 11.5 Å². The molecule has 10 heteroatoms. The number of hydrogen-bond acceptors (Lipinski definition) is 6. The van der Waals surface area contributed by atoms with E-state index >= 15 is 0 Å². The highest BCUT2D eigenvalue weighted by atomic mass is 19.4. The topological polar surface area (TPSA) is 71.8 Å². The molecule has 0 N–H and O–H groups in total. The van der Waals surface area contributed by atoms with Gasteiger partial charge in [-0.25, -0.2) is 9.78 Å². The molecular weight excluding hydrogens is 381 g/mol. The zero-order valence-electron chi connectivity index (χ0n) is 15.5. The minimum Gasteiger partial charge on any atom is -0.493 e. The van der Waals surface area contributed by atoms with Crippen molar-refractivity contribution in [3.05, 3.63) is 29.6 Å². The molecule has 0 saturated carbocycles. The highest BCUT2D eigenvalue weighted by molar-refractivity contribution is 5.89. The predicted molar refractivity (Wildman–Crippen MR) is 91.4 cm³/mol. The summed E-state index contributed by atoms with van der Waals surface area (Å²) in [6.07, 6.45) is -4.52. The number of hydrogen-bond donors (Lipinski definition) is 0. The number of benzene rings is 1. The molecule has 1 atom stereocenters. The summed E-state index contributed by atoms with van der Waals surface area (Å²) >= 11 is 0. The van der Waals surface area contributed by atoms with E-state index in [1.165, 1.54) is 26.4 Å². The van der Waals surface area contributed by atoms with Crippen LogP contribution >= 0.6 is 0 Å². The number of aromatic nitrogens is 2. The molecule has 1 aromatic heterocycles. The maximum Gasteiger partial charge on any atom is 0.573 e. The maximum absolute atomic E-state index is 12.6. The van der Waals surface area contributed by atoms with Crippen LogP contribution in [0.4, 0.5) is 13.2 Å². The molecule has 0 amide bonds. The average Bonchev–Trinajstić information content (AvgIpc) is 2.87. The van der Waals surface area contributed by atoms with Crippen LogP contribution in [-0.2, 0) is 22.4 Å². The van der Waals surface area contributed by atoms with E-state index in [4.69, 9.17) is 14.2 Å². The molecule has 2 heterocycles. The second-order valence-electron chi connectivity index (χ2n) is 6.18. The highest BCUT2D eigenvalue weighted by Gasteiger charge is 2.33. The van der Waals surface area contributed by atoms with Gasteiger partial charge in [-0.05, 0) is 25.1 Å². The van der Waals surface area contributed by atoms with Crippen LogP contribution < -0.4 is 9.47 Å². The fraction of sp³-hybridized carbons (Fsp3) is 0.444. The average molecular weight is 400 g/mol. The Morgan fingerprint density at radius 1 is 1.29 bits per heavy atom. The normalized spacial score (nSPS) is 16.9. The molecule has 0 bridgehead atoms. The van der Waals surface area contributed by atoms with Crippen molar-refractivity contribution in [1.82, 2.24) is 9.55 Å². The van der Waals surface area contributed by atoms with Gasteiger partial charge in [-0.15, -0.1) is 13.2 Å². The number of carbonyl (C=O) groups is 1. The van der Waals surface area contributed by atoms with Crippen molar-refractivity contribution in [2.75, 3.05) is 20.8 Å². The number of imidazole rings is 1. The molecule has 0 fully saturated rings. The van der Waals surface area contributed by atoms with Gasteiger partial charge in [-0.3, -0.25) is 0 Å². The van der Waals surface area contributed by atoms with Gasteiger partial charge >= 0.3 is 12.3 Å². The molecular formula is C18H19F3N2O5. The number of methoxy groups -OCH3 is 2. The quantitative estimate of drug-likeness (QED) is 0.734. The Balaban J connectivity index is 2.10. The van der Waals surface area contributed by atoms with Gasteiger partial charge in [0, 0.05) is 12.0 Å². The second kappa shape index (κ2) is 7.70. The molecule has 0 spiro atoms. The summed E-state index contributed by atoms with van der Waals surface area (Å²) < 4.78 is 59.0. The van der Waals surface area contributed by atoms with Crippen LogP contribution in [-0.4, -0.2) is 48.8 Å². The summed E-state index contributed by atoms with van der Waals surface area (Å²) in [6, 6.07) is 3.96. The Labute approximate surface area is 159 Å². The number of esters is 1. The Morgan fingerprint density at radius 2 is 2.04 bits per heavy atom. The SMILES string of the molecule is COC(=O)c1nc(-c2ccc(OC(F)(F)F)c(OC)c2)n2c1CCO[C@H](C)C2. The first kappa shape index (κ1) is 20.0. The van der Waals surface area contributed by atoms with Crippen LogP contribution in [0.1, 0.15) is 23.1 Å². The number of carbonyl (C=O) groups excluding carboxylic acids is 1. The number of ether oxygens (including phenoxy) is 4. The second-order valence-corrected chi connectivity index (χ2v) is 6.18. The van der Waals surface area contributed by atoms with Gasteiger partial charge in [-0.2, -0.15) is 0 Å². The van der Waals surface area contributed by atoms with Crippen molar-refractivity contribution in [1.29, 1.82) is 0 Å². The van der Waals surface area contributed by atoms with Crippen LogP contribution in [0.25, 0.3) is 11.4 Å². The van der Waals surface area contributed by atoms with E-state index in [0.29, 0.717) is 36.7 Å². The third kappa shape index (κ3) is 4.06. The van der Waals surface area contributed by atoms with E-state index in [2.05, 4.69) is 9.72 Å². The van der Waals surface area contributed by atoms with Gasteiger partial charge in [-0.1, -0.05) is 0 Å². The summed E-state index contributed by atoms with van der Waals surface area (Å²) in [4.78, 5) is 16.6. The van der Waals surface area contributed by atoms with Crippen LogP contribution in [0.3, 0.4) is 0 Å². The monoisotopic (exact) mass is 400 g/mol. The summed E-state index contributed by atoms with van der Waals surface area (Å²) in [5.41, 5.74) is 1.28. The summed E-state index contributed by atoms with van der Waals surface area (Å²) in [7, 11) is 2.50. The number of alkyl halides is 3. The molecule has 2 aromatic rings. The van der Waals surface area contributed by atoms with Gasteiger partial charge in [0.1, 0.15) is 5.82 Å². The minimum atomic E-state index is -4.84. The van der Waals surface area contributed by atoms with E-state index in [0.717, 1.165) is 6.07 Å². The molecule has 152 valence electrons. The Kier molecular flexibility index (Phi) is 5.50. The van der Waals surface area contributed by atoms with Crippen molar-refractivity contribution in [2.24, 2.45) is 0 Å². The molecule has 1 aromatic carbocycles. The van der Waals surface area contributed by atoms with E-state index in [1.807, 2.05) is 11.5 Å². The molecule has 28 heavy (non-hydrogen) atoms. The zero-order valence-corrected chi connectivity index (χ0v) is 15.5. The standard InChI is InChI=1S/C18H19F3N2O5/c1-10-9-23-12(6-7-27-10)15(17(24)26-3)22-16(23)11-4-5-13(14(8-11)25-2)28-18(19,20)21/h4-5,8,10H,6-7,9H2,1-3H3/t10-/m1/s1. The van der Waals surface area contributed by atoms with Gasteiger partial charge in [0.2, 0.25) is 0 Å².